The summed E-state index contributed by atoms with van der Waals surface area (Å²) in [5.74, 6) is 2.40. The van der Waals surface area contributed by atoms with Crippen LogP contribution in [-0.4, -0.2) is 32.4 Å². The van der Waals surface area contributed by atoms with E-state index in [1.54, 1.807) is 19.9 Å². The Bertz CT molecular complexity index is 603. The van der Waals surface area contributed by atoms with Crippen LogP contribution in [0.5, 0.6) is 0 Å². The molecule has 0 spiro atoms. The molecular formula is C16H24N2O2S. The van der Waals surface area contributed by atoms with E-state index in [1.165, 1.54) is 4.31 Å². The van der Waals surface area contributed by atoms with Crippen molar-refractivity contribution in [2.75, 3.05) is 19.6 Å². The number of rotatable bonds is 8. The molecule has 0 saturated carbocycles. The number of nitrogens with one attached hydrogen (secondary N) is 1. The molecule has 0 aliphatic heterocycles. The number of nitrogens with zero attached hydrogens (tertiary/aromatic N) is 1. The van der Waals surface area contributed by atoms with Gasteiger partial charge in [-0.25, -0.2) is 8.42 Å². The van der Waals surface area contributed by atoms with E-state index in [9.17, 15) is 8.42 Å². The first kappa shape index (κ1) is 17.7. The zero-order chi connectivity index (χ0) is 15.9. The fourth-order valence-electron chi connectivity index (χ4n) is 2.05. The van der Waals surface area contributed by atoms with Crippen LogP contribution in [0.25, 0.3) is 0 Å². The number of sulfonamides is 1. The van der Waals surface area contributed by atoms with E-state index in [1.807, 2.05) is 12.1 Å². The lowest BCUT2D eigenvalue weighted by Crippen LogP contribution is -2.31. The van der Waals surface area contributed by atoms with Crippen molar-refractivity contribution in [3.63, 3.8) is 0 Å². The zero-order valence-electron chi connectivity index (χ0n) is 13.0. The Morgan fingerprint density at radius 1 is 1.33 bits per heavy atom. The lowest BCUT2D eigenvalue weighted by atomic mass is 10.1. The molecule has 0 saturated heterocycles. The van der Waals surface area contributed by atoms with Gasteiger partial charge in [-0.15, -0.1) is 6.42 Å². The Kier molecular flexibility index (Phi) is 6.90. The summed E-state index contributed by atoms with van der Waals surface area (Å²) in [6, 6.07) is 5.54. The van der Waals surface area contributed by atoms with Crippen molar-refractivity contribution >= 4 is 10.0 Å². The molecule has 1 rings (SSSR count). The number of benzene rings is 1. The molecule has 0 radical (unpaired) electrons. The highest BCUT2D eigenvalue weighted by Gasteiger charge is 2.24. The van der Waals surface area contributed by atoms with Crippen molar-refractivity contribution in [2.45, 2.75) is 38.6 Å². The molecule has 0 bridgehead atoms. The largest absolute Gasteiger partial charge is 0.313 e. The van der Waals surface area contributed by atoms with Gasteiger partial charge in [-0.1, -0.05) is 31.9 Å². The van der Waals surface area contributed by atoms with Crippen molar-refractivity contribution in [1.82, 2.24) is 9.62 Å². The third-order valence-corrected chi connectivity index (χ3v) is 5.31. The molecular weight excluding hydrogens is 284 g/mol. The van der Waals surface area contributed by atoms with Crippen LogP contribution in [0.1, 0.15) is 31.4 Å². The highest BCUT2D eigenvalue weighted by Crippen LogP contribution is 2.21. The summed E-state index contributed by atoms with van der Waals surface area (Å²) in [6.45, 7) is 7.72. The predicted molar refractivity (Wildman–Crippen MR) is 86.4 cm³/mol. The highest BCUT2D eigenvalue weighted by molar-refractivity contribution is 7.89. The molecule has 0 amide bonds. The summed E-state index contributed by atoms with van der Waals surface area (Å²) in [7, 11) is -3.53. The molecule has 0 aliphatic rings. The minimum absolute atomic E-state index is 0.0938. The van der Waals surface area contributed by atoms with Gasteiger partial charge in [0.15, 0.2) is 0 Å². The van der Waals surface area contributed by atoms with Gasteiger partial charge in [-0.05, 0) is 37.1 Å². The fourth-order valence-corrected chi connectivity index (χ4v) is 3.69. The molecule has 0 atom stereocenters. The van der Waals surface area contributed by atoms with E-state index in [0.717, 1.165) is 24.1 Å². The van der Waals surface area contributed by atoms with Gasteiger partial charge in [-0.2, -0.15) is 4.31 Å². The zero-order valence-corrected chi connectivity index (χ0v) is 13.8. The van der Waals surface area contributed by atoms with Gasteiger partial charge in [0.2, 0.25) is 10.0 Å². The van der Waals surface area contributed by atoms with Crippen LogP contribution in [0.15, 0.2) is 23.1 Å². The second-order valence-electron chi connectivity index (χ2n) is 4.91. The first-order chi connectivity index (χ1) is 9.97. The van der Waals surface area contributed by atoms with Gasteiger partial charge in [0.05, 0.1) is 11.4 Å². The van der Waals surface area contributed by atoms with Gasteiger partial charge in [0.1, 0.15) is 0 Å². The first-order valence-electron chi connectivity index (χ1n) is 7.21. The quantitative estimate of drug-likeness (QED) is 0.591. The Morgan fingerprint density at radius 2 is 2.05 bits per heavy atom. The monoisotopic (exact) mass is 308 g/mol. The van der Waals surface area contributed by atoms with Gasteiger partial charge in [0, 0.05) is 13.1 Å². The lowest BCUT2D eigenvalue weighted by molar-refractivity contribution is 0.463. The molecule has 0 fully saturated rings. The Hall–Kier alpha value is -1.35. The smallest absolute Gasteiger partial charge is 0.244 e. The summed E-state index contributed by atoms with van der Waals surface area (Å²) < 4.78 is 26.7. The highest BCUT2D eigenvalue weighted by atomic mass is 32.2. The molecule has 5 heteroatoms. The van der Waals surface area contributed by atoms with Gasteiger partial charge >= 0.3 is 0 Å². The first-order valence-corrected chi connectivity index (χ1v) is 8.65. The van der Waals surface area contributed by atoms with E-state index in [4.69, 9.17) is 6.42 Å². The average molecular weight is 308 g/mol. The van der Waals surface area contributed by atoms with Crippen molar-refractivity contribution in [3.8, 4) is 12.3 Å². The summed E-state index contributed by atoms with van der Waals surface area (Å²) in [6.07, 6.45) is 6.31. The van der Waals surface area contributed by atoms with E-state index >= 15 is 0 Å². The van der Waals surface area contributed by atoms with Crippen LogP contribution in [0, 0.1) is 19.3 Å². The van der Waals surface area contributed by atoms with Crippen LogP contribution >= 0.6 is 0 Å². The molecule has 21 heavy (non-hydrogen) atoms. The molecule has 0 unspecified atom stereocenters. The van der Waals surface area contributed by atoms with E-state index in [-0.39, 0.29) is 6.54 Å². The second-order valence-corrected chi connectivity index (χ2v) is 6.82. The number of aryl methyl sites for hydroxylation is 1. The summed E-state index contributed by atoms with van der Waals surface area (Å²) in [5.41, 5.74) is 1.70. The Morgan fingerprint density at radius 3 is 2.62 bits per heavy atom. The van der Waals surface area contributed by atoms with Crippen LogP contribution in [0.2, 0.25) is 0 Å². The lowest BCUT2D eigenvalue weighted by Gasteiger charge is -2.20. The summed E-state index contributed by atoms with van der Waals surface area (Å²) >= 11 is 0. The average Bonchev–Trinajstić information content (AvgIpc) is 2.46. The maximum absolute atomic E-state index is 12.7. The number of hydrogen-bond donors (Lipinski definition) is 1. The SMILES string of the molecule is C#CCN(CC)S(=O)(=O)c1cc(CNCCC)ccc1C. The van der Waals surface area contributed by atoms with Crippen LogP contribution in [0.3, 0.4) is 0 Å². The maximum atomic E-state index is 12.7. The molecule has 0 aromatic heterocycles. The number of terminal acetylenes is 1. The fraction of sp³-hybridized carbons (Fsp3) is 0.500. The van der Waals surface area contributed by atoms with Gasteiger partial charge < -0.3 is 5.32 Å². The molecule has 4 nitrogen and oxygen atoms in total. The van der Waals surface area contributed by atoms with E-state index in [2.05, 4.69) is 18.2 Å². The maximum Gasteiger partial charge on any atom is 0.244 e. The summed E-state index contributed by atoms with van der Waals surface area (Å²) in [4.78, 5) is 0.343. The predicted octanol–water partition coefficient (Wildman–Crippen LogP) is 2.14. The van der Waals surface area contributed by atoms with E-state index < -0.39 is 10.0 Å². The molecule has 1 aromatic carbocycles. The third-order valence-electron chi connectivity index (χ3n) is 3.25. The van der Waals surface area contributed by atoms with Gasteiger partial charge in [0.25, 0.3) is 0 Å². The molecule has 116 valence electrons. The third kappa shape index (κ3) is 4.57. The molecule has 0 aliphatic carbocycles. The molecule has 1 aromatic rings. The van der Waals surface area contributed by atoms with Gasteiger partial charge in [-0.3, -0.25) is 0 Å². The minimum Gasteiger partial charge on any atom is -0.313 e. The second kappa shape index (κ2) is 8.18. The van der Waals surface area contributed by atoms with Crippen molar-refractivity contribution in [3.05, 3.63) is 29.3 Å². The van der Waals surface area contributed by atoms with Crippen molar-refractivity contribution in [1.29, 1.82) is 0 Å². The minimum atomic E-state index is -3.53. The van der Waals surface area contributed by atoms with Crippen molar-refractivity contribution < 1.29 is 8.42 Å². The molecule has 0 heterocycles. The normalized spacial score (nSPS) is 11.6. The van der Waals surface area contributed by atoms with Crippen LogP contribution in [-0.2, 0) is 16.6 Å². The van der Waals surface area contributed by atoms with Crippen LogP contribution < -0.4 is 5.32 Å². The summed E-state index contributed by atoms with van der Waals surface area (Å²) in [5, 5.41) is 3.28. The Balaban J connectivity index is 3.10. The number of hydrogen-bond acceptors (Lipinski definition) is 3. The van der Waals surface area contributed by atoms with E-state index in [0.29, 0.717) is 18.0 Å². The van der Waals surface area contributed by atoms with Crippen molar-refractivity contribution in [2.24, 2.45) is 0 Å². The van der Waals surface area contributed by atoms with Crippen LogP contribution in [0.4, 0.5) is 0 Å². The topological polar surface area (TPSA) is 49.4 Å². The standard InChI is InChI=1S/C16H24N2O2S/c1-5-10-17-13-15-9-8-14(4)16(12-15)21(19,20)18(7-3)11-6-2/h2,8-9,12,17H,5,7,10-11,13H2,1,3-4H3. The Labute approximate surface area is 128 Å². The molecule has 1 N–H and O–H groups in total.